The number of benzene rings is 1. The molecule has 1 amide bonds. The van der Waals surface area contributed by atoms with Gasteiger partial charge in [-0.05, 0) is 59.7 Å². The van der Waals surface area contributed by atoms with E-state index in [1.165, 1.54) is 0 Å². The molecule has 0 bridgehead atoms. The van der Waals surface area contributed by atoms with Crippen LogP contribution in [0.15, 0.2) is 18.2 Å². The molecular weight excluding hydrogens is 327 g/mol. The predicted octanol–water partition coefficient (Wildman–Crippen LogP) is 2.91. The van der Waals surface area contributed by atoms with Gasteiger partial charge in [0.25, 0.3) is 0 Å². The predicted molar refractivity (Wildman–Crippen MR) is 80.0 cm³/mol. The maximum Gasteiger partial charge on any atom is 0.224 e. The van der Waals surface area contributed by atoms with Gasteiger partial charge in [0.05, 0.1) is 0 Å². The number of anilines is 1. The van der Waals surface area contributed by atoms with Crippen molar-refractivity contribution in [3.63, 3.8) is 0 Å². The Kier molecular flexibility index (Phi) is 5.91. The van der Waals surface area contributed by atoms with Gasteiger partial charge in [0.15, 0.2) is 0 Å². The van der Waals surface area contributed by atoms with Gasteiger partial charge in [0.1, 0.15) is 0 Å². The molecule has 0 saturated heterocycles. The van der Waals surface area contributed by atoms with E-state index in [0.29, 0.717) is 13.0 Å². The average Bonchev–Trinajstić information content (AvgIpc) is 2.32. The molecule has 1 aromatic carbocycles. The Bertz CT molecular complexity index is 389. The van der Waals surface area contributed by atoms with Gasteiger partial charge < -0.3 is 11.1 Å². The normalized spacial score (nSPS) is 12.2. The summed E-state index contributed by atoms with van der Waals surface area (Å²) in [6, 6.07) is 5.91. The Labute approximate surface area is 116 Å². The summed E-state index contributed by atoms with van der Waals surface area (Å²) in [6.07, 6.45) is 1.44. The molecule has 0 saturated carbocycles. The molecule has 0 radical (unpaired) electrons. The summed E-state index contributed by atoms with van der Waals surface area (Å²) in [7, 11) is 0. The highest BCUT2D eigenvalue weighted by atomic mass is 127. The number of halogens is 1. The van der Waals surface area contributed by atoms with Crippen LogP contribution in [-0.2, 0) is 4.79 Å². The minimum absolute atomic E-state index is 0.0485. The highest BCUT2D eigenvalue weighted by molar-refractivity contribution is 14.1. The van der Waals surface area contributed by atoms with Crippen molar-refractivity contribution in [2.24, 2.45) is 11.7 Å². The molecule has 94 valence electrons. The number of nitrogens with one attached hydrogen (secondary N) is 1. The van der Waals surface area contributed by atoms with Crippen LogP contribution in [0.1, 0.15) is 25.3 Å². The molecule has 3 N–H and O–H groups in total. The Hall–Kier alpha value is -0.620. The van der Waals surface area contributed by atoms with Gasteiger partial charge in [-0.2, -0.15) is 0 Å². The van der Waals surface area contributed by atoms with Crippen molar-refractivity contribution in [3.8, 4) is 0 Å². The van der Waals surface area contributed by atoms with E-state index in [1.807, 2.05) is 25.1 Å². The number of hydrogen-bond acceptors (Lipinski definition) is 2. The first-order valence-corrected chi connectivity index (χ1v) is 6.91. The molecule has 0 spiro atoms. The van der Waals surface area contributed by atoms with Crippen LogP contribution in [0.25, 0.3) is 0 Å². The zero-order valence-corrected chi connectivity index (χ0v) is 12.5. The van der Waals surface area contributed by atoms with Crippen LogP contribution in [0.4, 0.5) is 5.69 Å². The molecule has 0 aromatic heterocycles. The standard InChI is InChI=1S/C13H19IN2O/c1-3-10(8-15)7-13(17)16-12-6-4-5-11(14)9(12)2/h4-6,10H,3,7-8,15H2,1-2H3,(H,16,17). The average molecular weight is 346 g/mol. The third-order valence-corrected chi connectivity index (χ3v) is 4.10. The smallest absolute Gasteiger partial charge is 0.224 e. The fraction of sp³-hybridized carbons (Fsp3) is 0.462. The lowest BCUT2D eigenvalue weighted by Crippen LogP contribution is -2.22. The maximum absolute atomic E-state index is 11.8. The van der Waals surface area contributed by atoms with Crippen molar-refractivity contribution in [1.29, 1.82) is 0 Å². The molecule has 17 heavy (non-hydrogen) atoms. The minimum Gasteiger partial charge on any atom is -0.330 e. The second kappa shape index (κ2) is 6.96. The van der Waals surface area contributed by atoms with Crippen LogP contribution in [0.3, 0.4) is 0 Å². The zero-order valence-electron chi connectivity index (χ0n) is 10.3. The molecule has 3 nitrogen and oxygen atoms in total. The molecular formula is C13H19IN2O. The van der Waals surface area contributed by atoms with Crippen LogP contribution in [0.5, 0.6) is 0 Å². The molecule has 0 fully saturated rings. The summed E-state index contributed by atoms with van der Waals surface area (Å²) in [5.41, 5.74) is 7.61. The van der Waals surface area contributed by atoms with Crippen molar-refractivity contribution >= 4 is 34.2 Å². The van der Waals surface area contributed by atoms with E-state index in [9.17, 15) is 4.79 Å². The number of hydrogen-bond donors (Lipinski definition) is 2. The molecule has 4 heteroatoms. The van der Waals surface area contributed by atoms with Crippen LogP contribution in [0, 0.1) is 16.4 Å². The summed E-state index contributed by atoms with van der Waals surface area (Å²) in [5, 5.41) is 2.95. The number of nitrogens with two attached hydrogens (primary N) is 1. The summed E-state index contributed by atoms with van der Waals surface area (Å²) < 4.78 is 1.16. The lowest BCUT2D eigenvalue weighted by Gasteiger charge is -2.13. The lowest BCUT2D eigenvalue weighted by molar-refractivity contribution is -0.117. The Morgan fingerprint density at radius 1 is 1.53 bits per heavy atom. The third-order valence-electron chi connectivity index (χ3n) is 2.93. The summed E-state index contributed by atoms with van der Waals surface area (Å²) >= 11 is 2.27. The van der Waals surface area contributed by atoms with Gasteiger partial charge in [-0.1, -0.05) is 19.4 Å². The number of carbonyl (C=O) groups excluding carboxylic acids is 1. The van der Waals surface area contributed by atoms with Gasteiger partial charge in [-0.15, -0.1) is 0 Å². The van der Waals surface area contributed by atoms with E-state index in [1.54, 1.807) is 0 Å². The first-order chi connectivity index (χ1) is 8.08. The van der Waals surface area contributed by atoms with Crippen molar-refractivity contribution in [1.82, 2.24) is 0 Å². The topological polar surface area (TPSA) is 55.1 Å². The first kappa shape index (κ1) is 14.4. The SMILES string of the molecule is CCC(CN)CC(=O)Nc1cccc(I)c1C. The van der Waals surface area contributed by atoms with Crippen molar-refractivity contribution in [3.05, 3.63) is 27.3 Å². The third kappa shape index (κ3) is 4.27. The summed E-state index contributed by atoms with van der Waals surface area (Å²) in [6.45, 7) is 4.63. The fourth-order valence-electron chi connectivity index (χ4n) is 1.60. The molecule has 1 aromatic rings. The summed E-state index contributed by atoms with van der Waals surface area (Å²) in [4.78, 5) is 11.8. The van der Waals surface area contributed by atoms with E-state index in [2.05, 4.69) is 34.8 Å². The molecule has 1 rings (SSSR count). The number of rotatable bonds is 5. The molecule has 0 aliphatic rings. The van der Waals surface area contributed by atoms with E-state index >= 15 is 0 Å². The van der Waals surface area contributed by atoms with Gasteiger partial charge >= 0.3 is 0 Å². The van der Waals surface area contributed by atoms with E-state index < -0.39 is 0 Å². The minimum atomic E-state index is 0.0485. The first-order valence-electron chi connectivity index (χ1n) is 5.83. The van der Waals surface area contributed by atoms with E-state index in [4.69, 9.17) is 5.73 Å². The Morgan fingerprint density at radius 3 is 2.82 bits per heavy atom. The highest BCUT2D eigenvalue weighted by Crippen LogP contribution is 2.21. The van der Waals surface area contributed by atoms with Gasteiger partial charge in [0, 0.05) is 15.7 Å². The molecule has 0 aliphatic carbocycles. The monoisotopic (exact) mass is 346 g/mol. The Balaban J connectivity index is 2.65. The van der Waals surface area contributed by atoms with Gasteiger partial charge in [0.2, 0.25) is 5.91 Å². The second-order valence-corrected chi connectivity index (χ2v) is 5.34. The Morgan fingerprint density at radius 2 is 2.24 bits per heavy atom. The summed E-state index contributed by atoms with van der Waals surface area (Å²) in [5.74, 6) is 0.325. The van der Waals surface area contributed by atoms with Crippen molar-refractivity contribution in [2.45, 2.75) is 26.7 Å². The van der Waals surface area contributed by atoms with Crippen LogP contribution >= 0.6 is 22.6 Å². The number of amides is 1. The molecule has 1 unspecified atom stereocenters. The van der Waals surface area contributed by atoms with Crippen LogP contribution in [-0.4, -0.2) is 12.5 Å². The quantitative estimate of drug-likeness (QED) is 0.806. The van der Waals surface area contributed by atoms with Crippen LogP contribution in [0.2, 0.25) is 0 Å². The lowest BCUT2D eigenvalue weighted by atomic mass is 10.0. The molecule has 0 heterocycles. The molecule has 1 atom stereocenters. The van der Waals surface area contributed by atoms with Gasteiger partial charge in [-0.3, -0.25) is 4.79 Å². The van der Waals surface area contributed by atoms with Crippen LogP contribution < -0.4 is 11.1 Å². The fourth-order valence-corrected chi connectivity index (χ4v) is 2.10. The zero-order chi connectivity index (χ0) is 12.8. The largest absolute Gasteiger partial charge is 0.330 e. The van der Waals surface area contributed by atoms with Crippen molar-refractivity contribution < 1.29 is 4.79 Å². The highest BCUT2D eigenvalue weighted by Gasteiger charge is 2.11. The number of carbonyl (C=O) groups is 1. The molecule has 0 aliphatic heterocycles. The second-order valence-electron chi connectivity index (χ2n) is 4.17. The maximum atomic E-state index is 11.8. The van der Waals surface area contributed by atoms with Crippen molar-refractivity contribution in [2.75, 3.05) is 11.9 Å². The van der Waals surface area contributed by atoms with E-state index in [0.717, 1.165) is 21.2 Å². The van der Waals surface area contributed by atoms with Gasteiger partial charge in [-0.25, -0.2) is 0 Å². The van der Waals surface area contributed by atoms with E-state index in [-0.39, 0.29) is 11.8 Å².